The molecule has 6 nitrogen and oxygen atoms in total. The lowest BCUT2D eigenvalue weighted by Crippen LogP contribution is -2.37. The molecule has 0 saturated carbocycles. The molecule has 1 N–H and O–H groups in total. The molecule has 1 aromatic carbocycles. The molecule has 3 rings (SSSR count). The van der Waals surface area contributed by atoms with E-state index in [1.165, 1.54) is 6.07 Å². The number of unbranched alkanes of at least 4 members (excludes halogenated alkanes) is 1. The molecule has 0 spiro atoms. The largest absolute Gasteiger partial charge is 0.478 e. The normalized spacial score (nSPS) is 21.8. The minimum atomic E-state index is -3.54. The van der Waals surface area contributed by atoms with Crippen molar-refractivity contribution in [2.24, 2.45) is 0 Å². The van der Waals surface area contributed by atoms with Gasteiger partial charge in [-0.1, -0.05) is 26.2 Å². The maximum absolute atomic E-state index is 12.9. The molecule has 0 radical (unpaired) electrons. The fourth-order valence-electron chi connectivity index (χ4n) is 3.30. The van der Waals surface area contributed by atoms with Gasteiger partial charge in [0.05, 0.1) is 10.6 Å². The smallest absolute Gasteiger partial charge is 0.265 e. The Kier molecular flexibility index (Phi) is 5.64. The van der Waals surface area contributed by atoms with Gasteiger partial charge >= 0.3 is 0 Å². The van der Waals surface area contributed by atoms with Crippen LogP contribution in [0, 0.1) is 0 Å². The second-order valence-electron chi connectivity index (χ2n) is 6.71. The summed E-state index contributed by atoms with van der Waals surface area (Å²) in [6, 6.07) is 4.75. The first-order valence-electron chi connectivity index (χ1n) is 9.14. The number of carbonyl (C=O) groups is 1. The summed E-state index contributed by atoms with van der Waals surface area (Å²) in [6.45, 7) is 3.18. The number of nitrogens with zero attached hydrogens (tertiary/aromatic N) is 1. The van der Waals surface area contributed by atoms with Crippen molar-refractivity contribution in [1.29, 1.82) is 0 Å². The van der Waals surface area contributed by atoms with Crippen molar-refractivity contribution in [2.75, 3.05) is 18.4 Å². The van der Waals surface area contributed by atoms with Crippen LogP contribution >= 0.6 is 0 Å². The second kappa shape index (κ2) is 7.74. The average Bonchev–Trinajstić information content (AvgIpc) is 2.89. The number of fused-ring (bicyclic) bond motifs is 1. The third kappa shape index (κ3) is 3.98. The minimum absolute atomic E-state index is 0.203. The van der Waals surface area contributed by atoms with Crippen molar-refractivity contribution < 1.29 is 17.9 Å². The van der Waals surface area contributed by atoms with Crippen molar-refractivity contribution in [1.82, 2.24) is 4.31 Å². The molecule has 7 heteroatoms. The fourth-order valence-corrected chi connectivity index (χ4v) is 4.84. The standard InChI is InChI=1S/C18H26N2O4S/c1-2-3-8-17-18(21)19-15-13-14(9-10-16(15)24-17)25(22,23)20-11-6-4-5-7-12-20/h9-10,13,17H,2-8,11-12H2,1H3,(H,19,21). The molecule has 2 heterocycles. The van der Waals surface area contributed by atoms with Crippen LogP contribution in [-0.4, -0.2) is 37.8 Å². The number of anilines is 1. The Labute approximate surface area is 149 Å². The SMILES string of the molecule is CCCCC1Oc2ccc(S(=O)(=O)N3CCCCCC3)cc2NC1=O. The lowest BCUT2D eigenvalue weighted by Gasteiger charge is -2.27. The Morgan fingerprint density at radius 1 is 1.20 bits per heavy atom. The van der Waals surface area contributed by atoms with E-state index in [2.05, 4.69) is 12.2 Å². The lowest BCUT2D eigenvalue weighted by atomic mass is 10.1. The highest BCUT2D eigenvalue weighted by Gasteiger charge is 2.30. The molecule has 1 atom stereocenters. The number of rotatable bonds is 5. The van der Waals surface area contributed by atoms with Gasteiger partial charge in [0.1, 0.15) is 5.75 Å². The van der Waals surface area contributed by atoms with Crippen LogP contribution in [0.15, 0.2) is 23.1 Å². The zero-order chi connectivity index (χ0) is 17.9. The van der Waals surface area contributed by atoms with Crippen molar-refractivity contribution in [2.45, 2.75) is 62.9 Å². The van der Waals surface area contributed by atoms with E-state index in [0.29, 0.717) is 30.9 Å². The highest BCUT2D eigenvalue weighted by Crippen LogP contribution is 2.34. The van der Waals surface area contributed by atoms with Gasteiger partial charge in [-0.2, -0.15) is 4.31 Å². The van der Waals surface area contributed by atoms with E-state index in [1.54, 1.807) is 16.4 Å². The Balaban J connectivity index is 1.81. The molecule has 2 aliphatic heterocycles. The molecule has 0 aliphatic carbocycles. The number of ether oxygens (including phenoxy) is 1. The van der Waals surface area contributed by atoms with Crippen LogP contribution in [-0.2, 0) is 14.8 Å². The van der Waals surface area contributed by atoms with E-state index in [0.717, 1.165) is 38.5 Å². The van der Waals surface area contributed by atoms with E-state index >= 15 is 0 Å². The predicted molar refractivity (Wildman–Crippen MR) is 96.2 cm³/mol. The summed E-state index contributed by atoms with van der Waals surface area (Å²) >= 11 is 0. The molecule has 25 heavy (non-hydrogen) atoms. The summed E-state index contributed by atoms with van der Waals surface area (Å²) in [4.78, 5) is 12.4. The van der Waals surface area contributed by atoms with Crippen LogP contribution in [0.5, 0.6) is 5.75 Å². The molecule has 0 bridgehead atoms. The van der Waals surface area contributed by atoms with Gasteiger partial charge in [-0.15, -0.1) is 0 Å². The van der Waals surface area contributed by atoms with E-state index in [9.17, 15) is 13.2 Å². The number of sulfonamides is 1. The highest BCUT2D eigenvalue weighted by atomic mass is 32.2. The zero-order valence-corrected chi connectivity index (χ0v) is 15.5. The summed E-state index contributed by atoms with van der Waals surface area (Å²) in [5.74, 6) is 0.334. The van der Waals surface area contributed by atoms with Gasteiger partial charge in [-0.05, 0) is 43.9 Å². The van der Waals surface area contributed by atoms with Crippen molar-refractivity contribution in [3.05, 3.63) is 18.2 Å². The van der Waals surface area contributed by atoms with Gasteiger partial charge in [0.2, 0.25) is 10.0 Å². The zero-order valence-electron chi connectivity index (χ0n) is 14.7. The van der Waals surface area contributed by atoms with Crippen LogP contribution in [0.25, 0.3) is 0 Å². The number of benzene rings is 1. The molecule has 1 saturated heterocycles. The molecule has 1 fully saturated rings. The third-order valence-electron chi connectivity index (χ3n) is 4.79. The van der Waals surface area contributed by atoms with Gasteiger partial charge in [0.15, 0.2) is 6.10 Å². The lowest BCUT2D eigenvalue weighted by molar-refractivity contribution is -0.123. The average molecular weight is 366 g/mol. The summed E-state index contributed by atoms with van der Waals surface area (Å²) < 4.78 is 33.1. The number of hydrogen-bond acceptors (Lipinski definition) is 4. The van der Waals surface area contributed by atoms with Gasteiger partial charge < -0.3 is 10.1 Å². The summed E-state index contributed by atoms with van der Waals surface area (Å²) in [7, 11) is -3.54. The van der Waals surface area contributed by atoms with E-state index in [-0.39, 0.29) is 10.8 Å². The fraction of sp³-hybridized carbons (Fsp3) is 0.611. The Hall–Kier alpha value is -1.60. The topological polar surface area (TPSA) is 75.7 Å². The van der Waals surface area contributed by atoms with Crippen LogP contribution in [0.3, 0.4) is 0 Å². The highest BCUT2D eigenvalue weighted by molar-refractivity contribution is 7.89. The molecule has 0 aromatic heterocycles. The summed E-state index contributed by atoms with van der Waals surface area (Å²) in [5.41, 5.74) is 0.439. The first kappa shape index (κ1) is 18.2. The molecule has 2 aliphatic rings. The van der Waals surface area contributed by atoms with E-state index in [1.807, 2.05) is 0 Å². The molecule has 138 valence electrons. The van der Waals surface area contributed by atoms with Gasteiger partial charge in [-0.3, -0.25) is 4.79 Å². The molecular formula is C18H26N2O4S. The van der Waals surface area contributed by atoms with Crippen molar-refractivity contribution in [3.63, 3.8) is 0 Å². The number of carbonyl (C=O) groups excluding carboxylic acids is 1. The Morgan fingerprint density at radius 3 is 2.60 bits per heavy atom. The minimum Gasteiger partial charge on any atom is -0.478 e. The maximum Gasteiger partial charge on any atom is 0.265 e. The van der Waals surface area contributed by atoms with E-state index in [4.69, 9.17) is 4.74 Å². The van der Waals surface area contributed by atoms with Crippen LogP contribution in [0.4, 0.5) is 5.69 Å². The number of hydrogen-bond donors (Lipinski definition) is 1. The summed E-state index contributed by atoms with van der Waals surface area (Å²) in [6.07, 6.45) is 5.99. The summed E-state index contributed by atoms with van der Waals surface area (Å²) in [5, 5.41) is 2.80. The predicted octanol–water partition coefficient (Wildman–Crippen LogP) is 3.14. The first-order chi connectivity index (χ1) is 12.0. The van der Waals surface area contributed by atoms with Gasteiger partial charge in [0, 0.05) is 13.1 Å². The third-order valence-corrected chi connectivity index (χ3v) is 6.69. The van der Waals surface area contributed by atoms with Crippen LogP contribution in [0.2, 0.25) is 0 Å². The Morgan fingerprint density at radius 2 is 1.92 bits per heavy atom. The quantitative estimate of drug-likeness (QED) is 0.869. The van der Waals surface area contributed by atoms with Gasteiger partial charge in [-0.25, -0.2) is 8.42 Å². The van der Waals surface area contributed by atoms with Gasteiger partial charge in [0.25, 0.3) is 5.91 Å². The van der Waals surface area contributed by atoms with Crippen molar-refractivity contribution in [3.8, 4) is 5.75 Å². The molecular weight excluding hydrogens is 340 g/mol. The molecule has 1 aromatic rings. The maximum atomic E-state index is 12.9. The monoisotopic (exact) mass is 366 g/mol. The van der Waals surface area contributed by atoms with E-state index < -0.39 is 16.1 Å². The first-order valence-corrected chi connectivity index (χ1v) is 10.6. The molecule has 1 amide bonds. The second-order valence-corrected chi connectivity index (χ2v) is 8.65. The van der Waals surface area contributed by atoms with Crippen LogP contribution < -0.4 is 10.1 Å². The number of amides is 1. The Bertz CT molecular complexity index is 725. The van der Waals surface area contributed by atoms with Crippen molar-refractivity contribution >= 4 is 21.6 Å². The van der Waals surface area contributed by atoms with Crippen LogP contribution in [0.1, 0.15) is 51.9 Å². The number of nitrogens with one attached hydrogen (secondary N) is 1. The molecule has 1 unspecified atom stereocenters.